The van der Waals surface area contributed by atoms with Crippen molar-refractivity contribution in [1.82, 2.24) is 16.0 Å². The quantitative estimate of drug-likeness (QED) is 0.0190. The predicted molar refractivity (Wildman–Crippen MR) is 297 cm³/mol. The molecule has 428 valence electrons. The van der Waals surface area contributed by atoms with E-state index >= 15 is 0 Å². The van der Waals surface area contributed by atoms with E-state index in [0.717, 1.165) is 19.2 Å². The van der Waals surface area contributed by atoms with E-state index in [1.807, 2.05) is 0 Å². The number of aromatic hydroxyl groups is 3. The Kier molecular flexibility index (Phi) is 25.9. The number of hydrogen-bond acceptors (Lipinski definition) is 18. The molecule has 4 atom stereocenters. The van der Waals surface area contributed by atoms with Crippen LogP contribution in [-0.4, -0.2) is 127 Å². The number of anilines is 4. The van der Waals surface area contributed by atoms with E-state index in [0.29, 0.717) is 77.4 Å². The number of benzene rings is 4. The lowest BCUT2D eigenvalue weighted by atomic mass is 10.1. The van der Waals surface area contributed by atoms with Crippen LogP contribution in [0, 0.1) is 0 Å². The Bertz CT molecular complexity index is 2760. The van der Waals surface area contributed by atoms with Crippen molar-refractivity contribution < 1.29 is 63.1 Å². The van der Waals surface area contributed by atoms with Gasteiger partial charge in [0.15, 0.2) is 0 Å². The molecule has 7 amide bonds. The van der Waals surface area contributed by atoms with Crippen LogP contribution in [0.5, 0.6) is 23.0 Å². The van der Waals surface area contributed by atoms with Gasteiger partial charge in [0.2, 0.25) is 23.6 Å². The average molecular weight is 1100 g/mol. The minimum atomic E-state index is -1.26. The van der Waals surface area contributed by atoms with Gasteiger partial charge in [-0.1, -0.05) is 6.42 Å². The molecule has 0 aliphatic heterocycles. The van der Waals surface area contributed by atoms with Gasteiger partial charge in [0, 0.05) is 22.7 Å². The Labute approximate surface area is 457 Å². The van der Waals surface area contributed by atoms with Gasteiger partial charge in [-0.05, 0) is 170 Å². The van der Waals surface area contributed by atoms with Crippen molar-refractivity contribution in [3.8, 4) is 23.0 Å². The molecule has 0 fully saturated rings. The molecule has 25 heteroatoms. The van der Waals surface area contributed by atoms with E-state index in [1.165, 1.54) is 67.8 Å². The molecular formula is C54H74N12O13. The fourth-order valence-corrected chi connectivity index (χ4v) is 8.00. The molecule has 0 heterocycles. The minimum Gasteiger partial charge on any atom is -0.507 e. The summed E-state index contributed by atoms with van der Waals surface area (Å²) < 4.78 is 10.1. The first-order valence-corrected chi connectivity index (χ1v) is 25.9. The van der Waals surface area contributed by atoms with Crippen molar-refractivity contribution >= 4 is 70.1 Å². The number of methoxy groups -OCH3 is 2. The molecular weight excluding hydrogens is 1020 g/mol. The van der Waals surface area contributed by atoms with Crippen LogP contribution in [0.15, 0.2) is 72.8 Å². The fourth-order valence-electron chi connectivity index (χ4n) is 8.00. The molecule has 25 nitrogen and oxygen atoms in total. The number of ether oxygens (including phenoxy) is 2. The Hall–Kier alpha value is -8.36. The van der Waals surface area contributed by atoms with Gasteiger partial charge in [0.05, 0.1) is 37.0 Å². The van der Waals surface area contributed by atoms with Crippen LogP contribution < -0.4 is 70.6 Å². The molecule has 20 N–H and O–H groups in total. The van der Waals surface area contributed by atoms with Crippen molar-refractivity contribution in [2.24, 2.45) is 28.7 Å². The van der Waals surface area contributed by atoms with Gasteiger partial charge in [-0.15, -0.1) is 0 Å². The van der Waals surface area contributed by atoms with E-state index in [9.17, 15) is 53.7 Å². The summed E-state index contributed by atoms with van der Waals surface area (Å²) in [5.74, 6) is -7.21. The highest BCUT2D eigenvalue weighted by Gasteiger charge is 2.28. The van der Waals surface area contributed by atoms with Gasteiger partial charge in [-0.2, -0.15) is 0 Å². The number of carbonyl (C=O) groups is 8. The Balaban J connectivity index is 1.51. The molecule has 0 bridgehead atoms. The third kappa shape index (κ3) is 19.6. The fraction of sp³-hybridized carbons (Fsp3) is 0.407. The number of amides is 7. The van der Waals surface area contributed by atoms with Crippen LogP contribution in [0.2, 0.25) is 0 Å². The van der Waals surface area contributed by atoms with Crippen molar-refractivity contribution in [2.75, 3.05) is 61.7 Å². The number of unbranched alkanes of at least 4 members (excludes halogenated alkanes) is 4. The average Bonchev–Trinajstić information content (AvgIpc) is 3.47. The zero-order valence-corrected chi connectivity index (χ0v) is 44.4. The summed E-state index contributed by atoms with van der Waals surface area (Å²) >= 11 is 0. The maximum absolute atomic E-state index is 14.0. The summed E-state index contributed by atoms with van der Waals surface area (Å²) in [4.78, 5) is 108. The highest BCUT2D eigenvalue weighted by atomic mass is 16.5. The van der Waals surface area contributed by atoms with E-state index in [-0.39, 0.29) is 82.3 Å². The number of phenolic OH excluding ortho intramolecular Hbond substituents is 3. The second-order valence-corrected chi connectivity index (χ2v) is 18.4. The molecule has 4 aromatic rings. The summed E-state index contributed by atoms with van der Waals surface area (Å²) in [6.07, 6.45) is 4.78. The minimum absolute atomic E-state index is 0.00528. The topological polar surface area (TPSA) is 430 Å². The van der Waals surface area contributed by atoms with Crippen LogP contribution in [0.25, 0.3) is 0 Å². The van der Waals surface area contributed by atoms with Gasteiger partial charge < -0.3 is 90.7 Å². The Morgan fingerprint density at radius 1 is 0.430 bits per heavy atom. The lowest BCUT2D eigenvalue weighted by Gasteiger charge is -2.21. The van der Waals surface area contributed by atoms with Gasteiger partial charge in [0.1, 0.15) is 46.7 Å². The molecule has 0 aliphatic rings. The number of phenols is 3. The lowest BCUT2D eigenvalue weighted by molar-refractivity contribution is -0.118. The molecule has 0 aliphatic carbocycles. The second-order valence-electron chi connectivity index (χ2n) is 18.4. The SMILES string of the molecule is COC(=O)c1cc(NC(=O)C(CCCCN)NC(=O)c2cc(NC(=O)C(CCCCN)NC(=O)c3cc(NC(=O)C(CCCCN)NC(=O)c4cc(NC(=O)C(N)CCCCN)ccc4OC)ccc3O)ccc2O)ccc1O. The summed E-state index contributed by atoms with van der Waals surface area (Å²) in [5.41, 5.74) is 28.3. The van der Waals surface area contributed by atoms with E-state index in [2.05, 4.69) is 42.0 Å². The van der Waals surface area contributed by atoms with E-state index in [1.54, 1.807) is 0 Å². The molecule has 0 saturated carbocycles. The standard InChI is InChI=1S/C54H74N12O13/c1-78-46-22-18-34(60-50(73)39(59)11-3-7-23-55)30-38(46)49(72)66-42(14-6-10-26-58)53(76)62-32-16-20-44(68)36(28-32)47(70)64-40(12-4-8-24-56)51(74)61-31-15-19-43(67)35(27-31)48(71)65-41(13-5-9-25-57)52(75)63-33-17-21-45(69)37(29-33)54(77)79-2/h15-22,27-30,39-42,67-69H,3-14,23-26,55-59H2,1-2H3,(H,60,73)(H,61,74)(H,62,76)(H,63,75)(H,64,70)(H,65,71)(H,66,72). The zero-order valence-electron chi connectivity index (χ0n) is 44.4. The zero-order chi connectivity index (χ0) is 58.0. The van der Waals surface area contributed by atoms with E-state index in [4.69, 9.17) is 33.4 Å². The summed E-state index contributed by atoms with van der Waals surface area (Å²) in [6.45, 7) is 1.35. The largest absolute Gasteiger partial charge is 0.507 e. The maximum Gasteiger partial charge on any atom is 0.341 e. The van der Waals surface area contributed by atoms with Crippen molar-refractivity contribution in [1.29, 1.82) is 0 Å². The predicted octanol–water partition coefficient (Wildman–Crippen LogP) is 2.59. The van der Waals surface area contributed by atoms with Crippen LogP contribution in [0.1, 0.15) is 118 Å². The number of rotatable bonds is 32. The first-order chi connectivity index (χ1) is 37.9. The van der Waals surface area contributed by atoms with Crippen LogP contribution in [0.3, 0.4) is 0 Å². The molecule has 0 radical (unpaired) electrons. The molecule has 0 aromatic heterocycles. The van der Waals surface area contributed by atoms with Crippen molar-refractivity contribution in [3.05, 3.63) is 95.1 Å². The Morgan fingerprint density at radius 3 is 1.11 bits per heavy atom. The normalized spacial score (nSPS) is 12.4. The van der Waals surface area contributed by atoms with Gasteiger partial charge in [-0.3, -0.25) is 33.6 Å². The molecule has 4 aromatic carbocycles. The number of nitrogens with one attached hydrogen (secondary N) is 7. The number of nitrogens with two attached hydrogens (primary N) is 5. The first-order valence-electron chi connectivity index (χ1n) is 25.9. The van der Waals surface area contributed by atoms with Crippen molar-refractivity contribution in [3.63, 3.8) is 0 Å². The molecule has 79 heavy (non-hydrogen) atoms. The highest BCUT2D eigenvalue weighted by molar-refractivity contribution is 6.07. The smallest absolute Gasteiger partial charge is 0.341 e. The lowest BCUT2D eigenvalue weighted by Crippen LogP contribution is -2.44. The van der Waals surface area contributed by atoms with Crippen molar-refractivity contribution in [2.45, 2.75) is 101 Å². The molecule has 4 unspecified atom stereocenters. The van der Waals surface area contributed by atoms with Crippen LogP contribution in [-0.2, 0) is 23.9 Å². The maximum atomic E-state index is 14.0. The van der Waals surface area contributed by atoms with Gasteiger partial charge in [0.25, 0.3) is 17.7 Å². The molecule has 0 spiro atoms. The molecule has 4 rings (SSSR count). The molecule has 0 saturated heterocycles. The number of carbonyl (C=O) groups excluding carboxylic acids is 8. The highest BCUT2D eigenvalue weighted by Crippen LogP contribution is 2.27. The van der Waals surface area contributed by atoms with Crippen LogP contribution in [0.4, 0.5) is 22.7 Å². The summed E-state index contributed by atoms with van der Waals surface area (Å²) in [6, 6.07) is 11.0. The summed E-state index contributed by atoms with van der Waals surface area (Å²) in [7, 11) is 2.48. The third-order valence-corrected chi connectivity index (χ3v) is 12.4. The third-order valence-electron chi connectivity index (χ3n) is 12.4. The van der Waals surface area contributed by atoms with Crippen LogP contribution >= 0.6 is 0 Å². The Morgan fingerprint density at radius 2 is 0.747 bits per heavy atom. The second kappa shape index (κ2) is 32.4. The first kappa shape index (κ1) is 63.2. The van der Waals surface area contributed by atoms with Gasteiger partial charge >= 0.3 is 5.97 Å². The summed E-state index contributed by atoms with van der Waals surface area (Å²) in [5, 5.41) is 50.4. The number of esters is 1. The van der Waals surface area contributed by atoms with Gasteiger partial charge in [-0.25, -0.2) is 4.79 Å². The number of hydrogen-bond donors (Lipinski definition) is 15. The van der Waals surface area contributed by atoms with E-state index < -0.39 is 83.0 Å². The monoisotopic (exact) mass is 1100 g/mol.